The number of benzene rings is 1. The highest BCUT2D eigenvalue weighted by Gasteiger charge is 2.37. The van der Waals surface area contributed by atoms with E-state index in [1.165, 1.54) is 12.8 Å². The largest absolute Gasteiger partial charge is 0.478 e. The van der Waals surface area contributed by atoms with Crippen molar-refractivity contribution in [2.45, 2.75) is 32.7 Å². The van der Waals surface area contributed by atoms with Gasteiger partial charge in [-0.05, 0) is 41.9 Å². The van der Waals surface area contributed by atoms with E-state index >= 15 is 0 Å². The molecule has 1 aliphatic carbocycles. The minimum Gasteiger partial charge on any atom is -0.478 e. The average Bonchev–Trinajstić information content (AvgIpc) is 3.21. The van der Waals surface area contributed by atoms with Gasteiger partial charge in [-0.15, -0.1) is 0 Å². The van der Waals surface area contributed by atoms with Crippen LogP contribution in [0, 0.1) is 5.41 Å². The summed E-state index contributed by atoms with van der Waals surface area (Å²) < 4.78 is 0. The van der Waals surface area contributed by atoms with E-state index in [2.05, 4.69) is 12.2 Å². The molecule has 1 heterocycles. The van der Waals surface area contributed by atoms with Crippen LogP contribution in [0.25, 0.3) is 0 Å². The van der Waals surface area contributed by atoms with Crippen molar-refractivity contribution in [3.8, 4) is 0 Å². The Morgan fingerprint density at radius 1 is 1.38 bits per heavy atom. The molecule has 2 amide bonds. The molecule has 2 aliphatic rings. The Bertz CT molecular complexity index is 593. The van der Waals surface area contributed by atoms with Gasteiger partial charge in [0.2, 0.25) is 0 Å². The van der Waals surface area contributed by atoms with Gasteiger partial charge in [-0.2, -0.15) is 0 Å². The van der Waals surface area contributed by atoms with Crippen LogP contribution in [0.2, 0.25) is 0 Å². The average molecular weight is 288 g/mol. The summed E-state index contributed by atoms with van der Waals surface area (Å²) in [7, 11) is 0. The highest BCUT2D eigenvalue weighted by Crippen LogP contribution is 2.44. The first kappa shape index (κ1) is 13.9. The summed E-state index contributed by atoms with van der Waals surface area (Å²) >= 11 is 0. The summed E-state index contributed by atoms with van der Waals surface area (Å²) in [6, 6.07) is 5.23. The second-order valence-corrected chi connectivity index (χ2v) is 6.39. The number of carbonyl (C=O) groups is 2. The third kappa shape index (κ3) is 2.86. The maximum Gasteiger partial charge on any atom is 0.335 e. The van der Waals surface area contributed by atoms with Crippen LogP contribution in [-0.4, -0.2) is 35.1 Å². The van der Waals surface area contributed by atoms with E-state index in [0.717, 1.165) is 17.7 Å². The molecular formula is C16H20N2O3. The molecule has 112 valence electrons. The van der Waals surface area contributed by atoms with E-state index in [9.17, 15) is 14.7 Å². The second-order valence-electron chi connectivity index (χ2n) is 6.39. The molecule has 1 aromatic carbocycles. The number of nitrogens with zero attached hydrogens (tertiary/aromatic N) is 1. The Kier molecular flexibility index (Phi) is 3.35. The second kappa shape index (κ2) is 5.06. The van der Waals surface area contributed by atoms with E-state index in [-0.39, 0.29) is 6.03 Å². The first-order valence-corrected chi connectivity index (χ1v) is 7.35. The number of urea groups is 1. The van der Waals surface area contributed by atoms with Crippen LogP contribution in [0.1, 0.15) is 41.3 Å². The minimum atomic E-state index is -0.897. The third-order valence-electron chi connectivity index (χ3n) is 4.55. The summed E-state index contributed by atoms with van der Waals surface area (Å²) in [4.78, 5) is 25.2. The van der Waals surface area contributed by atoms with Crippen LogP contribution >= 0.6 is 0 Å². The number of carboxylic acid groups (broad SMARTS) is 1. The van der Waals surface area contributed by atoms with Gasteiger partial charge >= 0.3 is 12.0 Å². The van der Waals surface area contributed by atoms with Crippen molar-refractivity contribution in [3.63, 3.8) is 0 Å². The fraction of sp³-hybridized carbons (Fsp3) is 0.500. The van der Waals surface area contributed by atoms with Crippen LogP contribution < -0.4 is 5.32 Å². The standard InChI is InChI=1S/C16H20N2O3/c1-16(6-7-16)10-17-15(21)18-8-5-12-11(9-18)3-2-4-13(12)14(19)20/h2-4H,5-10H2,1H3,(H,17,21)(H,19,20). The molecular weight excluding hydrogens is 268 g/mol. The van der Waals surface area contributed by atoms with E-state index in [1.807, 2.05) is 6.07 Å². The molecule has 0 atom stereocenters. The molecule has 1 fully saturated rings. The van der Waals surface area contributed by atoms with Crippen molar-refractivity contribution in [1.29, 1.82) is 0 Å². The van der Waals surface area contributed by atoms with E-state index in [4.69, 9.17) is 0 Å². The highest BCUT2D eigenvalue weighted by atomic mass is 16.4. The lowest BCUT2D eigenvalue weighted by molar-refractivity contribution is 0.0695. The number of carbonyl (C=O) groups excluding carboxylic acids is 1. The number of nitrogens with one attached hydrogen (secondary N) is 1. The number of hydrogen-bond acceptors (Lipinski definition) is 2. The number of carboxylic acids is 1. The first-order chi connectivity index (χ1) is 9.98. The summed E-state index contributed by atoms with van der Waals surface area (Å²) in [5, 5.41) is 12.2. The maximum atomic E-state index is 12.2. The van der Waals surface area contributed by atoms with Crippen LogP contribution in [0.15, 0.2) is 18.2 Å². The predicted octanol–water partition coefficient (Wildman–Crippen LogP) is 2.25. The SMILES string of the molecule is CC1(CNC(=O)N2CCc3c(cccc3C(=O)O)C2)CC1. The van der Waals surface area contributed by atoms with Crippen LogP contribution in [0.3, 0.4) is 0 Å². The molecule has 0 saturated heterocycles. The Labute approximate surface area is 123 Å². The fourth-order valence-corrected chi connectivity index (χ4v) is 2.77. The first-order valence-electron chi connectivity index (χ1n) is 7.35. The molecule has 0 unspecified atom stereocenters. The zero-order chi connectivity index (χ0) is 15.0. The lowest BCUT2D eigenvalue weighted by atomic mass is 9.94. The zero-order valence-electron chi connectivity index (χ0n) is 12.2. The molecule has 1 aromatic rings. The van der Waals surface area contributed by atoms with Gasteiger partial charge in [0.25, 0.3) is 0 Å². The van der Waals surface area contributed by atoms with Crippen LogP contribution in [0.5, 0.6) is 0 Å². The lowest BCUT2D eigenvalue weighted by Gasteiger charge is -2.30. The van der Waals surface area contributed by atoms with Crippen molar-refractivity contribution in [2.24, 2.45) is 5.41 Å². The van der Waals surface area contributed by atoms with Gasteiger partial charge in [0, 0.05) is 19.6 Å². The smallest absolute Gasteiger partial charge is 0.335 e. The molecule has 1 saturated carbocycles. The Morgan fingerprint density at radius 2 is 2.14 bits per heavy atom. The molecule has 5 nitrogen and oxygen atoms in total. The van der Waals surface area contributed by atoms with E-state index in [0.29, 0.717) is 30.5 Å². The molecule has 1 aliphatic heterocycles. The minimum absolute atomic E-state index is 0.0468. The number of fused-ring (bicyclic) bond motifs is 1. The summed E-state index contributed by atoms with van der Waals surface area (Å²) in [5.74, 6) is -0.897. The van der Waals surface area contributed by atoms with Crippen molar-refractivity contribution in [2.75, 3.05) is 13.1 Å². The summed E-state index contributed by atoms with van der Waals surface area (Å²) in [6.45, 7) is 3.96. The van der Waals surface area contributed by atoms with Crippen molar-refractivity contribution in [1.82, 2.24) is 10.2 Å². The Balaban J connectivity index is 1.68. The molecule has 2 N–H and O–H groups in total. The van der Waals surface area contributed by atoms with Gasteiger partial charge in [-0.25, -0.2) is 9.59 Å². The van der Waals surface area contributed by atoms with Crippen molar-refractivity contribution >= 4 is 12.0 Å². The normalized spacial score (nSPS) is 18.8. The van der Waals surface area contributed by atoms with Gasteiger partial charge in [0.1, 0.15) is 0 Å². The molecule has 0 aromatic heterocycles. The van der Waals surface area contributed by atoms with Crippen molar-refractivity contribution in [3.05, 3.63) is 34.9 Å². The monoisotopic (exact) mass is 288 g/mol. The highest BCUT2D eigenvalue weighted by molar-refractivity contribution is 5.90. The molecule has 5 heteroatoms. The van der Waals surface area contributed by atoms with Gasteiger partial charge in [0.05, 0.1) is 5.56 Å². The maximum absolute atomic E-state index is 12.2. The number of hydrogen-bond donors (Lipinski definition) is 2. The third-order valence-corrected chi connectivity index (χ3v) is 4.55. The van der Waals surface area contributed by atoms with E-state index in [1.54, 1.807) is 17.0 Å². The summed E-state index contributed by atoms with van der Waals surface area (Å²) in [5.41, 5.74) is 2.45. The van der Waals surface area contributed by atoms with E-state index < -0.39 is 5.97 Å². The molecule has 0 spiro atoms. The van der Waals surface area contributed by atoms with Crippen LogP contribution in [0.4, 0.5) is 4.79 Å². The lowest BCUT2D eigenvalue weighted by Crippen LogP contribution is -2.44. The van der Waals surface area contributed by atoms with Crippen LogP contribution in [-0.2, 0) is 13.0 Å². The Morgan fingerprint density at radius 3 is 2.81 bits per heavy atom. The predicted molar refractivity (Wildman–Crippen MR) is 78.3 cm³/mol. The summed E-state index contributed by atoms with van der Waals surface area (Å²) in [6.07, 6.45) is 2.96. The molecule has 0 radical (unpaired) electrons. The van der Waals surface area contributed by atoms with Gasteiger partial charge < -0.3 is 15.3 Å². The van der Waals surface area contributed by atoms with Crippen molar-refractivity contribution < 1.29 is 14.7 Å². The van der Waals surface area contributed by atoms with Gasteiger partial charge in [0.15, 0.2) is 0 Å². The topological polar surface area (TPSA) is 69.6 Å². The van der Waals surface area contributed by atoms with Gasteiger partial charge in [-0.1, -0.05) is 19.1 Å². The number of amides is 2. The Hall–Kier alpha value is -2.04. The molecule has 0 bridgehead atoms. The van der Waals surface area contributed by atoms with Gasteiger partial charge in [-0.3, -0.25) is 0 Å². The number of aromatic carboxylic acids is 1. The fourth-order valence-electron chi connectivity index (χ4n) is 2.77. The number of rotatable bonds is 3. The molecule has 21 heavy (non-hydrogen) atoms. The zero-order valence-corrected chi connectivity index (χ0v) is 12.2. The molecule has 3 rings (SSSR count). The quantitative estimate of drug-likeness (QED) is 0.896.